The summed E-state index contributed by atoms with van der Waals surface area (Å²) in [5.41, 5.74) is 2.60. The molecule has 1 rings (SSSR count). The summed E-state index contributed by atoms with van der Waals surface area (Å²) in [6.07, 6.45) is 0. The molecule has 1 aromatic carbocycles. The van der Waals surface area contributed by atoms with E-state index in [1.54, 1.807) is 10.4 Å². The van der Waals surface area contributed by atoms with Crippen LogP contribution in [0.3, 0.4) is 0 Å². The predicted molar refractivity (Wildman–Crippen MR) is 89.3 cm³/mol. The Balaban J connectivity index is 3.44. The summed E-state index contributed by atoms with van der Waals surface area (Å²) in [6, 6.07) is 3.58. The minimum atomic E-state index is -3.51. The predicted octanol–water partition coefficient (Wildman–Crippen LogP) is 4.10. The second-order valence-corrected chi connectivity index (χ2v) is 8.36. The molecule has 3 nitrogen and oxygen atoms in total. The van der Waals surface area contributed by atoms with E-state index in [2.05, 4.69) is 0 Å². The molecule has 0 saturated carbocycles. The van der Waals surface area contributed by atoms with Gasteiger partial charge in [0.05, 0.1) is 4.90 Å². The van der Waals surface area contributed by atoms with Crippen LogP contribution in [0.25, 0.3) is 0 Å². The first-order valence-electron chi connectivity index (χ1n) is 7.29. The van der Waals surface area contributed by atoms with Crippen molar-refractivity contribution in [2.45, 2.75) is 58.4 Å². The zero-order chi connectivity index (χ0) is 16.4. The summed E-state index contributed by atoms with van der Waals surface area (Å²) in [6.45, 7) is 12.2. The van der Waals surface area contributed by atoms with Gasteiger partial charge in [0.2, 0.25) is 10.0 Å². The van der Waals surface area contributed by atoms with Crippen LogP contribution < -0.4 is 0 Å². The van der Waals surface area contributed by atoms with Gasteiger partial charge in [-0.2, -0.15) is 4.31 Å². The van der Waals surface area contributed by atoms with E-state index < -0.39 is 10.0 Å². The maximum absolute atomic E-state index is 13.0. The first-order valence-corrected chi connectivity index (χ1v) is 9.26. The quantitative estimate of drug-likeness (QED) is 0.736. The lowest BCUT2D eigenvalue weighted by atomic mass is 10.1. The Morgan fingerprint density at radius 3 is 2.14 bits per heavy atom. The van der Waals surface area contributed by atoms with Crippen LogP contribution in [0.2, 0.25) is 0 Å². The number of alkyl halides is 1. The number of rotatable bonds is 6. The number of hydrogen-bond donors (Lipinski definition) is 0. The molecular weight excluding hydrogens is 306 g/mol. The van der Waals surface area contributed by atoms with Crippen LogP contribution in [-0.4, -0.2) is 25.3 Å². The van der Waals surface area contributed by atoms with E-state index in [1.807, 2.05) is 47.6 Å². The molecule has 0 aliphatic rings. The van der Waals surface area contributed by atoms with E-state index in [1.165, 1.54) is 0 Å². The molecule has 0 aliphatic carbocycles. The molecule has 0 heterocycles. The van der Waals surface area contributed by atoms with Crippen LogP contribution in [0.5, 0.6) is 0 Å². The van der Waals surface area contributed by atoms with Crippen molar-refractivity contribution in [1.29, 1.82) is 0 Å². The molecule has 120 valence electrons. The number of benzene rings is 1. The van der Waals surface area contributed by atoms with E-state index in [9.17, 15) is 8.42 Å². The zero-order valence-corrected chi connectivity index (χ0v) is 15.3. The lowest BCUT2D eigenvalue weighted by Gasteiger charge is -2.28. The second kappa shape index (κ2) is 7.12. The highest BCUT2D eigenvalue weighted by molar-refractivity contribution is 7.89. The van der Waals surface area contributed by atoms with Gasteiger partial charge in [-0.3, -0.25) is 0 Å². The van der Waals surface area contributed by atoms with Gasteiger partial charge < -0.3 is 0 Å². The first-order chi connectivity index (χ1) is 9.61. The van der Waals surface area contributed by atoms with Crippen molar-refractivity contribution >= 4 is 21.6 Å². The highest BCUT2D eigenvalue weighted by Crippen LogP contribution is 2.27. The van der Waals surface area contributed by atoms with Crippen molar-refractivity contribution in [3.8, 4) is 0 Å². The molecule has 0 atom stereocenters. The summed E-state index contributed by atoms with van der Waals surface area (Å²) in [5, 5.41) is 0. The van der Waals surface area contributed by atoms with Gasteiger partial charge in [0.15, 0.2) is 0 Å². The van der Waals surface area contributed by atoms with E-state index in [4.69, 9.17) is 11.6 Å². The minimum Gasteiger partial charge on any atom is -0.207 e. The number of halogens is 1. The second-order valence-electron chi connectivity index (χ2n) is 6.23. The summed E-state index contributed by atoms with van der Waals surface area (Å²) in [4.78, 5) is 0.382. The molecule has 5 heteroatoms. The average molecular weight is 332 g/mol. The molecule has 0 bridgehead atoms. The largest absolute Gasteiger partial charge is 0.243 e. The Morgan fingerprint density at radius 1 is 1.14 bits per heavy atom. The van der Waals surface area contributed by atoms with Gasteiger partial charge in [-0.25, -0.2) is 8.42 Å². The van der Waals surface area contributed by atoms with E-state index in [0.717, 1.165) is 16.7 Å². The van der Waals surface area contributed by atoms with Crippen LogP contribution in [0.15, 0.2) is 17.0 Å². The van der Waals surface area contributed by atoms with Gasteiger partial charge in [0.1, 0.15) is 0 Å². The fourth-order valence-corrected chi connectivity index (χ4v) is 4.62. The molecule has 0 N–H and O–H groups in total. The lowest BCUT2D eigenvalue weighted by molar-refractivity contribution is 0.318. The smallest absolute Gasteiger partial charge is 0.207 e. The van der Waals surface area contributed by atoms with Crippen molar-refractivity contribution in [3.05, 3.63) is 28.8 Å². The topological polar surface area (TPSA) is 37.4 Å². The zero-order valence-electron chi connectivity index (χ0n) is 13.8. The Kier molecular flexibility index (Phi) is 6.26. The molecule has 21 heavy (non-hydrogen) atoms. The molecule has 0 aromatic heterocycles. The van der Waals surface area contributed by atoms with Crippen LogP contribution in [0, 0.1) is 19.8 Å². The van der Waals surface area contributed by atoms with Gasteiger partial charge in [0.25, 0.3) is 0 Å². The Morgan fingerprint density at radius 2 is 1.71 bits per heavy atom. The van der Waals surface area contributed by atoms with Crippen molar-refractivity contribution in [2.24, 2.45) is 5.92 Å². The molecule has 0 saturated heterocycles. The van der Waals surface area contributed by atoms with Crippen molar-refractivity contribution < 1.29 is 8.42 Å². The van der Waals surface area contributed by atoms with Gasteiger partial charge in [0, 0.05) is 18.5 Å². The first kappa shape index (κ1) is 18.5. The number of nitrogens with zero attached hydrogens (tertiary/aromatic N) is 1. The fourth-order valence-electron chi connectivity index (χ4n) is 2.32. The summed E-state index contributed by atoms with van der Waals surface area (Å²) < 4.78 is 27.6. The highest BCUT2D eigenvalue weighted by Gasteiger charge is 2.29. The molecule has 0 fully saturated rings. The lowest BCUT2D eigenvalue weighted by Crippen LogP contribution is -2.39. The Bertz CT molecular complexity index is 595. The third kappa shape index (κ3) is 4.21. The van der Waals surface area contributed by atoms with E-state index in [0.29, 0.717) is 17.3 Å². The van der Waals surface area contributed by atoms with E-state index in [-0.39, 0.29) is 12.0 Å². The van der Waals surface area contributed by atoms with E-state index >= 15 is 0 Å². The summed E-state index contributed by atoms with van der Waals surface area (Å²) in [5.74, 6) is 0.593. The van der Waals surface area contributed by atoms with Crippen molar-refractivity contribution in [3.63, 3.8) is 0 Å². The maximum Gasteiger partial charge on any atom is 0.243 e. The molecule has 0 unspecified atom stereocenters. The molecule has 1 aromatic rings. The maximum atomic E-state index is 13.0. The summed E-state index contributed by atoms with van der Waals surface area (Å²) >= 11 is 5.89. The minimum absolute atomic E-state index is 0.0724. The third-order valence-corrected chi connectivity index (χ3v) is 6.02. The third-order valence-electron chi connectivity index (χ3n) is 3.54. The van der Waals surface area contributed by atoms with Gasteiger partial charge in [-0.15, -0.1) is 11.6 Å². The van der Waals surface area contributed by atoms with Gasteiger partial charge in [-0.1, -0.05) is 19.9 Å². The van der Waals surface area contributed by atoms with Crippen LogP contribution in [0.4, 0.5) is 0 Å². The average Bonchev–Trinajstić information content (AvgIpc) is 2.38. The monoisotopic (exact) mass is 331 g/mol. The number of sulfonamides is 1. The Hall–Kier alpha value is -0.580. The molecule has 0 aliphatic heterocycles. The normalized spacial score (nSPS) is 12.7. The standard InChI is InChI=1S/C16H26ClNO2S/c1-11(2)10-18(12(3)4)21(19,20)16-8-15(9-17)7-13(5)14(16)6/h7-8,11-12H,9-10H2,1-6H3. The molecule has 0 radical (unpaired) electrons. The van der Waals surface area contributed by atoms with Gasteiger partial charge in [-0.05, 0) is 56.4 Å². The highest BCUT2D eigenvalue weighted by atomic mass is 35.5. The van der Waals surface area contributed by atoms with Crippen molar-refractivity contribution in [2.75, 3.05) is 6.54 Å². The van der Waals surface area contributed by atoms with Gasteiger partial charge >= 0.3 is 0 Å². The number of hydrogen-bond acceptors (Lipinski definition) is 2. The molecule has 0 spiro atoms. The van der Waals surface area contributed by atoms with Crippen molar-refractivity contribution in [1.82, 2.24) is 4.31 Å². The molecular formula is C16H26ClNO2S. The summed E-state index contributed by atoms with van der Waals surface area (Å²) in [7, 11) is -3.51. The van der Waals surface area contributed by atoms with Crippen LogP contribution in [0.1, 0.15) is 44.4 Å². The Labute approximate surface area is 134 Å². The van der Waals surface area contributed by atoms with Crippen LogP contribution >= 0.6 is 11.6 Å². The number of aryl methyl sites for hydroxylation is 1. The fraction of sp³-hybridized carbons (Fsp3) is 0.625. The SMILES string of the molecule is Cc1cc(CCl)cc(S(=O)(=O)N(CC(C)C)C(C)C)c1C. The van der Waals surface area contributed by atoms with Crippen LogP contribution in [-0.2, 0) is 15.9 Å². The molecule has 0 amide bonds.